The number of benzene rings is 5. The molecule has 0 amide bonds. The van der Waals surface area contributed by atoms with Crippen LogP contribution in [0.2, 0.25) is 17.3 Å². The summed E-state index contributed by atoms with van der Waals surface area (Å²) in [6.45, 7) is 9.03. The largest absolute Gasteiger partial charge is 0.362 e. The van der Waals surface area contributed by atoms with Gasteiger partial charge in [-0.3, -0.25) is 4.98 Å². The van der Waals surface area contributed by atoms with E-state index < -0.39 is 13.3 Å². The number of thiophene rings is 1. The van der Waals surface area contributed by atoms with Gasteiger partial charge in [0.2, 0.25) is 0 Å². The van der Waals surface area contributed by atoms with E-state index in [2.05, 4.69) is 147 Å². The van der Waals surface area contributed by atoms with Crippen LogP contribution in [-0.2, 0) is 26.5 Å². The number of nitrogens with zero attached hydrogens (tertiary/aromatic N) is 3. The fraction of sp³-hybridized carbons (Fsp3) is 0.227. The molecule has 0 aliphatic carbocycles. The van der Waals surface area contributed by atoms with Gasteiger partial charge in [-0.2, -0.15) is 11.3 Å². The fourth-order valence-corrected chi connectivity index (χ4v) is 11.4. The molecule has 0 saturated carbocycles. The molecular weight excluding hydrogens is 867 g/mol. The minimum Gasteiger partial charge on any atom is -0.362 e. The Bertz CT molecular complexity index is 2420. The molecule has 0 saturated heterocycles. The van der Waals surface area contributed by atoms with Crippen molar-refractivity contribution in [3.8, 4) is 22.6 Å². The van der Waals surface area contributed by atoms with Gasteiger partial charge in [-0.15, -0.1) is 18.2 Å². The van der Waals surface area contributed by atoms with Crippen LogP contribution in [0.4, 0.5) is 0 Å². The maximum Gasteiger partial charge on any atom is 0.0849 e. The normalized spacial score (nSPS) is 11.8. The number of imidazole rings is 1. The van der Waals surface area contributed by atoms with Gasteiger partial charge in [0.05, 0.1) is 16.9 Å². The molecular formula is C44H43GeIrN3S-2. The van der Waals surface area contributed by atoms with E-state index >= 15 is 0 Å². The number of hydrogen-bond acceptors (Lipinski definition) is 3. The van der Waals surface area contributed by atoms with Crippen molar-refractivity contribution in [1.29, 1.82) is 0 Å². The van der Waals surface area contributed by atoms with Gasteiger partial charge in [-0.25, -0.2) is 0 Å². The molecule has 0 aliphatic heterocycles. The average Bonchev–Trinajstić information content (AvgIpc) is 3.68. The summed E-state index contributed by atoms with van der Waals surface area (Å²) in [4.78, 5) is 9.89. The first-order valence-electron chi connectivity index (χ1n) is 17.3. The van der Waals surface area contributed by atoms with E-state index in [4.69, 9.17) is 9.97 Å². The van der Waals surface area contributed by atoms with Crippen LogP contribution in [0.5, 0.6) is 0 Å². The molecule has 0 aliphatic rings. The Hall–Kier alpha value is -3.61. The quantitative estimate of drug-likeness (QED) is 0.123. The topological polar surface area (TPSA) is 30.7 Å². The van der Waals surface area contributed by atoms with Gasteiger partial charge in [0.1, 0.15) is 0 Å². The zero-order valence-electron chi connectivity index (χ0n) is 29.8. The molecule has 3 aromatic heterocycles. The zero-order valence-corrected chi connectivity index (χ0v) is 35.1. The van der Waals surface area contributed by atoms with Crippen LogP contribution in [0, 0.1) is 18.1 Å². The van der Waals surface area contributed by atoms with Gasteiger partial charge in [0.15, 0.2) is 0 Å². The van der Waals surface area contributed by atoms with E-state index in [-0.39, 0.29) is 20.1 Å². The van der Waals surface area contributed by atoms with Gasteiger partial charge < -0.3 is 4.57 Å². The molecule has 3 nitrogen and oxygen atoms in total. The van der Waals surface area contributed by atoms with E-state index in [9.17, 15) is 0 Å². The molecule has 8 aromatic rings. The standard InChI is InChI=1S/C26H19N2S.C18H24GeN.Ir/c1-16(2)28-22-15-14-17-8-3-4-9-18(17)24(22)27-26(28)21-12-7-11-20-19-10-5-6-13-23(19)29-25(20)21;1-14(2)11-16-12-18(15-9-7-6-8-10-15)20-13-17(16)19(3,4)5;/h3-11,13-16H,1-2H3;6-9,12-14H,11H2,1-5H3;/q2*-1;. The SMILES string of the molecule is CC(C)Cc1cc(-c2[c-]cccc2)nc[c]1[Ge]([CH3])([CH3])[CH3].CC(C)n1c(-c2[c-]ccc3c2sc2ccccc23)nc2c3ccccc3ccc21.[Ir]. The number of fused-ring (bicyclic) bond motifs is 6. The first-order chi connectivity index (χ1) is 23.6. The molecule has 6 heteroatoms. The van der Waals surface area contributed by atoms with Crippen LogP contribution in [0.25, 0.3) is 64.6 Å². The van der Waals surface area contributed by atoms with Gasteiger partial charge in [-0.05, 0) is 41.5 Å². The van der Waals surface area contributed by atoms with Crippen molar-refractivity contribution in [3.05, 3.63) is 127 Å². The van der Waals surface area contributed by atoms with Crippen LogP contribution < -0.4 is 4.40 Å². The van der Waals surface area contributed by atoms with Gasteiger partial charge >= 0.3 is 126 Å². The van der Waals surface area contributed by atoms with Gasteiger partial charge in [0.25, 0.3) is 0 Å². The Kier molecular flexibility index (Phi) is 10.8. The van der Waals surface area contributed by atoms with Crippen molar-refractivity contribution in [2.45, 2.75) is 57.4 Å². The van der Waals surface area contributed by atoms with Crippen LogP contribution in [0.1, 0.15) is 39.3 Å². The predicted octanol–water partition coefficient (Wildman–Crippen LogP) is 11.9. The second-order valence-corrected chi connectivity index (χ2v) is 26.2. The molecule has 0 N–H and O–H groups in total. The number of pyridine rings is 1. The van der Waals surface area contributed by atoms with Crippen LogP contribution in [0.15, 0.2) is 109 Å². The zero-order chi connectivity index (χ0) is 34.3. The third kappa shape index (κ3) is 7.11. The first kappa shape index (κ1) is 36.2. The third-order valence-corrected chi connectivity index (χ3v) is 14.6. The molecule has 5 aromatic carbocycles. The van der Waals surface area contributed by atoms with E-state index in [1.165, 1.54) is 42.0 Å². The molecule has 0 unspecified atom stereocenters. The summed E-state index contributed by atoms with van der Waals surface area (Å²) in [7, 11) is 0. The molecule has 0 fully saturated rings. The van der Waals surface area contributed by atoms with E-state index in [1.54, 1.807) is 4.40 Å². The first-order valence-corrected chi connectivity index (χ1v) is 25.4. The van der Waals surface area contributed by atoms with Crippen molar-refractivity contribution in [1.82, 2.24) is 14.5 Å². The Morgan fingerprint density at radius 3 is 2.24 bits per heavy atom. The molecule has 255 valence electrons. The Balaban J connectivity index is 0.000000182. The van der Waals surface area contributed by atoms with Gasteiger partial charge in [-0.1, -0.05) is 59.5 Å². The van der Waals surface area contributed by atoms with Crippen LogP contribution in [-0.4, -0.2) is 27.8 Å². The monoisotopic (exact) mass is 912 g/mol. The minimum absolute atomic E-state index is 0. The number of hydrogen-bond donors (Lipinski definition) is 0. The van der Waals surface area contributed by atoms with Crippen molar-refractivity contribution in [2.24, 2.45) is 5.92 Å². The van der Waals surface area contributed by atoms with Crippen LogP contribution >= 0.6 is 11.3 Å². The fourth-order valence-electron chi connectivity index (χ4n) is 6.87. The number of rotatable bonds is 6. The van der Waals surface area contributed by atoms with E-state index in [0.29, 0.717) is 12.0 Å². The van der Waals surface area contributed by atoms with Crippen molar-refractivity contribution in [3.63, 3.8) is 0 Å². The predicted molar refractivity (Wildman–Crippen MR) is 215 cm³/mol. The Morgan fingerprint density at radius 2 is 1.52 bits per heavy atom. The third-order valence-electron chi connectivity index (χ3n) is 9.07. The average molecular weight is 911 g/mol. The summed E-state index contributed by atoms with van der Waals surface area (Å²) < 4.78 is 6.46. The van der Waals surface area contributed by atoms with E-state index in [0.717, 1.165) is 34.6 Å². The molecule has 0 bridgehead atoms. The van der Waals surface area contributed by atoms with Crippen molar-refractivity contribution >= 4 is 71.0 Å². The van der Waals surface area contributed by atoms with Crippen molar-refractivity contribution in [2.75, 3.05) is 0 Å². The molecule has 8 rings (SSSR count). The summed E-state index contributed by atoms with van der Waals surface area (Å²) in [5.74, 6) is 9.00. The van der Waals surface area contributed by atoms with Crippen molar-refractivity contribution < 1.29 is 20.1 Å². The van der Waals surface area contributed by atoms with Crippen LogP contribution in [0.3, 0.4) is 0 Å². The number of aromatic nitrogens is 3. The Morgan fingerprint density at radius 1 is 0.780 bits per heavy atom. The minimum atomic E-state index is -1.86. The van der Waals surface area contributed by atoms with Gasteiger partial charge in [0, 0.05) is 36.2 Å². The summed E-state index contributed by atoms with van der Waals surface area (Å²) in [6, 6.07) is 43.2. The summed E-state index contributed by atoms with van der Waals surface area (Å²) >= 11 is -0.0255. The molecule has 3 heterocycles. The summed E-state index contributed by atoms with van der Waals surface area (Å²) in [5, 5.41) is 5.02. The molecule has 0 spiro atoms. The second kappa shape index (κ2) is 14.9. The second-order valence-electron chi connectivity index (χ2n) is 14.6. The summed E-state index contributed by atoms with van der Waals surface area (Å²) in [6.07, 6.45) is 3.27. The smallest absolute Gasteiger partial charge is 0.0849 e. The Labute approximate surface area is 316 Å². The summed E-state index contributed by atoms with van der Waals surface area (Å²) in [5.41, 5.74) is 6.98. The maximum absolute atomic E-state index is 5.19. The molecule has 0 atom stereocenters. The maximum atomic E-state index is 5.19. The molecule has 1 radical (unpaired) electrons. The van der Waals surface area contributed by atoms with E-state index in [1.807, 2.05) is 35.6 Å². The molecule has 50 heavy (non-hydrogen) atoms.